The Morgan fingerprint density at radius 2 is 1.76 bits per heavy atom. The largest absolute Gasteiger partial charge is 0.417 e. The van der Waals surface area contributed by atoms with Crippen LogP contribution in [0.15, 0.2) is 49.2 Å². The van der Waals surface area contributed by atoms with E-state index in [0.29, 0.717) is 43.9 Å². The van der Waals surface area contributed by atoms with E-state index < -0.39 is 11.7 Å². The number of anilines is 3. The minimum absolute atomic E-state index is 0.0698. The number of hydrogen-bond donors (Lipinski definition) is 3. The number of carbonyl (C=O) groups is 2. The van der Waals surface area contributed by atoms with Crippen molar-refractivity contribution in [1.82, 2.24) is 10.3 Å². The van der Waals surface area contributed by atoms with E-state index in [9.17, 15) is 22.8 Å². The van der Waals surface area contributed by atoms with E-state index in [4.69, 9.17) is 11.6 Å². The van der Waals surface area contributed by atoms with Gasteiger partial charge in [-0.05, 0) is 43.2 Å². The monoisotopic (exact) mass is 481 g/mol. The second kappa shape index (κ2) is 10.6. The first-order valence-corrected chi connectivity index (χ1v) is 10.6. The van der Waals surface area contributed by atoms with Gasteiger partial charge in [0.05, 0.1) is 10.6 Å². The Balaban J connectivity index is 1.51. The quantitative estimate of drug-likeness (QED) is 0.511. The Morgan fingerprint density at radius 1 is 1.15 bits per heavy atom. The Morgan fingerprint density at radius 3 is 2.30 bits per heavy atom. The van der Waals surface area contributed by atoms with E-state index in [2.05, 4.69) is 27.5 Å². The predicted molar refractivity (Wildman–Crippen MR) is 121 cm³/mol. The van der Waals surface area contributed by atoms with Crippen LogP contribution in [-0.2, 0) is 11.0 Å². The lowest BCUT2D eigenvalue weighted by Gasteiger charge is -2.32. The van der Waals surface area contributed by atoms with Crippen molar-refractivity contribution in [3.8, 4) is 0 Å². The van der Waals surface area contributed by atoms with Crippen LogP contribution in [0.1, 0.15) is 18.4 Å². The highest BCUT2D eigenvalue weighted by atomic mass is 35.5. The van der Waals surface area contributed by atoms with Crippen molar-refractivity contribution in [3.63, 3.8) is 0 Å². The molecule has 1 aromatic heterocycles. The summed E-state index contributed by atoms with van der Waals surface area (Å²) in [6.45, 7) is 4.75. The molecule has 2 aromatic rings. The number of urea groups is 1. The average molecular weight is 482 g/mol. The van der Waals surface area contributed by atoms with Gasteiger partial charge in [-0.15, -0.1) is 6.58 Å². The van der Waals surface area contributed by atoms with E-state index in [-0.39, 0.29) is 28.7 Å². The fourth-order valence-electron chi connectivity index (χ4n) is 3.39. The third-order valence-electron chi connectivity index (χ3n) is 5.13. The maximum atomic E-state index is 12.8. The van der Waals surface area contributed by atoms with Crippen molar-refractivity contribution >= 4 is 40.7 Å². The molecule has 0 bridgehead atoms. The summed E-state index contributed by atoms with van der Waals surface area (Å²) in [5.74, 6) is -0.119. The molecule has 2 heterocycles. The minimum Gasteiger partial charge on any atom is -0.355 e. The third-order valence-corrected chi connectivity index (χ3v) is 5.41. The predicted octanol–water partition coefficient (Wildman–Crippen LogP) is 4.92. The minimum atomic E-state index is -4.51. The third kappa shape index (κ3) is 6.61. The number of benzene rings is 1. The molecule has 0 unspecified atom stereocenters. The summed E-state index contributed by atoms with van der Waals surface area (Å²) >= 11 is 6.03. The van der Waals surface area contributed by atoms with Crippen molar-refractivity contribution in [2.45, 2.75) is 19.0 Å². The number of hydrogen-bond acceptors (Lipinski definition) is 4. The maximum absolute atomic E-state index is 12.8. The van der Waals surface area contributed by atoms with Crippen molar-refractivity contribution in [2.24, 2.45) is 5.92 Å². The molecule has 1 saturated heterocycles. The summed E-state index contributed by atoms with van der Waals surface area (Å²) < 4.78 is 38.4. The zero-order valence-corrected chi connectivity index (χ0v) is 18.3. The van der Waals surface area contributed by atoms with E-state index in [0.717, 1.165) is 12.3 Å². The van der Waals surface area contributed by atoms with Crippen LogP contribution in [0, 0.1) is 5.92 Å². The van der Waals surface area contributed by atoms with Crippen LogP contribution in [0.2, 0.25) is 5.02 Å². The molecule has 33 heavy (non-hydrogen) atoms. The number of piperidine rings is 1. The number of rotatable bonds is 6. The van der Waals surface area contributed by atoms with E-state index in [1.807, 2.05) is 0 Å². The van der Waals surface area contributed by atoms with Crippen LogP contribution in [-0.4, -0.2) is 36.6 Å². The van der Waals surface area contributed by atoms with Crippen LogP contribution in [0.25, 0.3) is 0 Å². The first-order chi connectivity index (χ1) is 15.7. The van der Waals surface area contributed by atoms with Crippen molar-refractivity contribution in [3.05, 3.63) is 59.8 Å². The number of carbonyl (C=O) groups excluding carboxylic acids is 2. The van der Waals surface area contributed by atoms with Crippen LogP contribution >= 0.6 is 11.6 Å². The lowest BCUT2D eigenvalue weighted by molar-refractivity contribution is -0.137. The topological polar surface area (TPSA) is 86.4 Å². The van der Waals surface area contributed by atoms with Gasteiger partial charge < -0.3 is 20.9 Å². The van der Waals surface area contributed by atoms with Gasteiger partial charge >= 0.3 is 12.2 Å². The van der Waals surface area contributed by atoms with Gasteiger partial charge in [-0.3, -0.25) is 4.79 Å². The summed E-state index contributed by atoms with van der Waals surface area (Å²) in [5.41, 5.74) is 0.264. The first kappa shape index (κ1) is 24.4. The zero-order valence-electron chi connectivity index (χ0n) is 17.6. The van der Waals surface area contributed by atoms with Crippen LogP contribution in [0.3, 0.4) is 0 Å². The molecule has 1 aliphatic heterocycles. The number of amides is 3. The van der Waals surface area contributed by atoms with Gasteiger partial charge in [-0.1, -0.05) is 17.7 Å². The van der Waals surface area contributed by atoms with Gasteiger partial charge in [0, 0.05) is 43.1 Å². The molecule has 0 spiro atoms. The van der Waals surface area contributed by atoms with Crippen molar-refractivity contribution in [2.75, 3.05) is 35.2 Å². The normalized spacial score (nSPS) is 14.5. The Hall–Kier alpha value is -3.27. The number of nitrogens with one attached hydrogen (secondary N) is 3. The van der Waals surface area contributed by atoms with Crippen LogP contribution in [0.5, 0.6) is 0 Å². The van der Waals surface area contributed by atoms with E-state index >= 15 is 0 Å². The molecule has 0 saturated carbocycles. The fourth-order valence-corrected chi connectivity index (χ4v) is 3.68. The number of pyridine rings is 1. The number of aromatic nitrogens is 1. The molecule has 3 rings (SSSR count). The molecule has 3 amide bonds. The summed E-state index contributed by atoms with van der Waals surface area (Å²) in [6.07, 6.45) is -1.16. The fraction of sp³-hybridized carbons (Fsp3) is 0.318. The van der Waals surface area contributed by atoms with Gasteiger partial charge in [0.1, 0.15) is 5.82 Å². The molecule has 0 aliphatic carbocycles. The van der Waals surface area contributed by atoms with Gasteiger partial charge in [0.2, 0.25) is 5.91 Å². The molecule has 0 radical (unpaired) electrons. The summed E-state index contributed by atoms with van der Waals surface area (Å²) in [6, 6.07) is 7.21. The summed E-state index contributed by atoms with van der Waals surface area (Å²) in [5, 5.41) is 8.04. The highest BCUT2D eigenvalue weighted by molar-refractivity contribution is 6.33. The lowest BCUT2D eigenvalue weighted by atomic mass is 9.95. The standard InChI is InChI=1S/C22H23ClF3N5O2/c1-2-9-27-21(33)30-17-5-3-16(4-6-17)29-20(32)14-7-10-31(11-8-14)19-18(23)12-15(13-28-19)22(24,25)26/h2-6,12-14H,1,7-11H2,(H,29,32)(H2,27,30,33). The van der Waals surface area contributed by atoms with Gasteiger partial charge in [-0.2, -0.15) is 13.2 Å². The molecule has 0 atom stereocenters. The molecule has 11 heteroatoms. The van der Waals surface area contributed by atoms with Gasteiger partial charge in [-0.25, -0.2) is 9.78 Å². The molecule has 1 fully saturated rings. The second-order valence-corrected chi connectivity index (χ2v) is 7.89. The average Bonchev–Trinajstić information content (AvgIpc) is 2.78. The highest BCUT2D eigenvalue weighted by Crippen LogP contribution is 2.34. The smallest absolute Gasteiger partial charge is 0.355 e. The Kier molecular flexibility index (Phi) is 7.80. The van der Waals surface area contributed by atoms with Crippen molar-refractivity contribution in [1.29, 1.82) is 0 Å². The molecule has 1 aliphatic rings. The lowest BCUT2D eigenvalue weighted by Crippen LogP contribution is -2.38. The second-order valence-electron chi connectivity index (χ2n) is 7.48. The van der Waals surface area contributed by atoms with Crippen molar-refractivity contribution < 1.29 is 22.8 Å². The van der Waals surface area contributed by atoms with Crippen LogP contribution in [0.4, 0.5) is 35.2 Å². The molecule has 1 aromatic carbocycles. The zero-order chi connectivity index (χ0) is 24.0. The molecule has 3 N–H and O–H groups in total. The SMILES string of the molecule is C=CCNC(=O)Nc1ccc(NC(=O)C2CCN(c3ncc(C(F)(F)F)cc3Cl)CC2)cc1. The molecular formula is C22H23ClF3N5O2. The first-order valence-electron chi connectivity index (χ1n) is 10.2. The van der Waals surface area contributed by atoms with E-state index in [1.165, 1.54) is 0 Å². The summed E-state index contributed by atoms with van der Waals surface area (Å²) in [4.78, 5) is 29.9. The van der Waals surface area contributed by atoms with E-state index in [1.54, 1.807) is 35.2 Å². The molecular weight excluding hydrogens is 459 g/mol. The van der Waals surface area contributed by atoms with Crippen LogP contribution < -0.4 is 20.9 Å². The number of nitrogens with zero attached hydrogens (tertiary/aromatic N) is 2. The Bertz CT molecular complexity index is 1010. The highest BCUT2D eigenvalue weighted by Gasteiger charge is 2.33. The Labute approximate surface area is 194 Å². The van der Waals surface area contributed by atoms with Gasteiger partial charge in [0.25, 0.3) is 0 Å². The molecule has 176 valence electrons. The maximum Gasteiger partial charge on any atom is 0.417 e. The van der Waals surface area contributed by atoms with Gasteiger partial charge in [0.15, 0.2) is 0 Å². The molecule has 7 nitrogen and oxygen atoms in total. The summed E-state index contributed by atoms with van der Waals surface area (Å²) in [7, 11) is 0. The number of alkyl halides is 3. The number of halogens is 4.